The highest BCUT2D eigenvalue weighted by Gasteiger charge is 2.31. The molecule has 7 heteroatoms. The Bertz CT molecular complexity index is 463. The molecular weight excluding hydrogens is 273 g/mol. The zero-order valence-corrected chi connectivity index (χ0v) is 11.2. The number of benzene rings is 1. The van der Waals surface area contributed by atoms with Gasteiger partial charge in [0.25, 0.3) is 0 Å². The smallest absolute Gasteiger partial charge is 0.406 e. The number of primary amides is 1. The number of hydrogen-bond acceptors (Lipinski definition) is 3. The highest BCUT2D eigenvalue weighted by molar-refractivity contribution is 5.81. The average Bonchev–Trinajstić information content (AvgIpc) is 2.33. The first-order chi connectivity index (χ1) is 9.23. The van der Waals surface area contributed by atoms with Crippen molar-refractivity contribution in [1.29, 1.82) is 0 Å². The summed E-state index contributed by atoms with van der Waals surface area (Å²) in [6, 6.07) is 4.36. The van der Waals surface area contributed by atoms with Crippen molar-refractivity contribution in [2.75, 3.05) is 0 Å². The van der Waals surface area contributed by atoms with Crippen LogP contribution in [0, 0.1) is 0 Å². The van der Waals surface area contributed by atoms with E-state index in [-0.39, 0.29) is 11.8 Å². The zero-order valence-electron chi connectivity index (χ0n) is 11.2. The van der Waals surface area contributed by atoms with Crippen LogP contribution in [0.5, 0.6) is 5.75 Å². The molecule has 0 spiro atoms. The fourth-order valence-electron chi connectivity index (χ4n) is 1.64. The van der Waals surface area contributed by atoms with Gasteiger partial charge in [-0.1, -0.05) is 19.1 Å². The molecule has 0 aliphatic rings. The van der Waals surface area contributed by atoms with Crippen molar-refractivity contribution in [2.45, 2.75) is 38.7 Å². The first-order valence-corrected chi connectivity index (χ1v) is 6.14. The third kappa shape index (κ3) is 5.08. The Balaban J connectivity index is 2.97. The fraction of sp³-hybridized carbons (Fsp3) is 0.462. The Hall–Kier alpha value is -1.76. The van der Waals surface area contributed by atoms with Crippen LogP contribution < -0.4 is 15.8 Å². The lowest BCUT2D eigenvalue weighted by atomic mass is 10.0. The van der Waals surface area contributed by atoms with E-state index >= 15 is 0 Å². The minimum Gasteiger partial charge on any atom is -0.406 e. The number of nitrogens with two attached hydrogens (primary N) is 1. The van der Waals surface area contributed by atoms with Gasteiger partial charge in [-0.25, -0.2) is 0 Å². The summed E-state index contributed by atoms with van der Waals surface area (Å²) >= 11 is 0. The number of hydrogen-bond donors (Lipinski definition) is 2. The molecule has 0 aliphatic carbocycles. The first-order valence-electron chi connectivity index (χ1n) is 6.14. The number of alkyl halides is 3. The number of carbonyl (C=O) groups is 1. The van der Waals surface area contributed by atoms with E-state index in [0.29, 0.717) is 5.56 Å². The Morgan fingerprint density at radius 3 is 2.60 bits per heavy atom. The van der Waals surface area contributed by atoms with Gasteiger partial charge in [0.1, 0.15) is 11.8 Å². The molecule has 1 aromatic carbocycles. The highest BCUT2D eigenvalue weighted by Crippen LogP contribution is 2.25. The summed E-state index contributed by atoms with van der Waals surface area (Å²) in [5.41, 5.74) is 5.62. The molecule has 0 saturated carbocycles. The van der Waals surface area contributed by atoms with Gasteiger partial charge in [0.05, 0.1) is 0 Å². The predicted molar refractivity (Wildman–Crippen MR) is 67.9 cm³/mol. The van der Waals surface area contributed by atoms with Gasteiger partial charge in [0, 0.05) is 6.04 Å². The molecule has 1 aromatic rings. The molecule has 2 unspecified atom stereocenters. The Morgan fingerprint density at radius 1 is 1.45 bits per heavy atom. The Morgan fingerprint density at radius 2 is 2.10 bits per heavy atom. The normalized spacial score (nSPS) is 14.7. The van der Waals surface area contributed by atoms with Crippen molar-refractivity contribution >= 4 is 5.91 Å². The summed E-state index contributed by atoms with van der Waals surface area (Å²) in [5, 5.41) is 2.96. The SMILES string of the molecule is CCC(C)NC(C(N)=O)c1cccc(OC(F)(F)F)c1. The monoisotopic (exact) mass is 290 g/mol. The molecule has 0 aromatic heterocycles. The second-order valence-electron chi connectivity index (χ2n) is 4.43. The molecule has 0 bridgehead atoms. The quantitative estimate of drug-likeness (QED) is 0.846. The van der Waals surface area contributed by atoms with Crippen molar-refractivity contribution in [3.05, 3.63) is 29.8 Å². The van der Waals surface area contributed by atoms with Crippen LogP contribution >= 0.6 is 0 Å². The maximum Gasteiger partial charge on any atom is 0.573 e. The van der Waals surface area contributed by atoms with E-state index in [1.807, 2.05) is 13.8 Å². The minimum absolute atomic E-state index is 0.000286. The lowest BCUT2D eigenvalue weighted by molar-refractivity contribution is -0.274. The highest BCUT2D eigenvalue weighted by atomic mass is 19.4. The van der Waals surface area contributed by atoms with Crippen LogP contribution in [0.25, 0.3) is 0 Å². The average molecular weight is 290 g/mol. The van der Waals surface area contributed by atoms with Crippen LogP contribution in [0.4, 0.5) is 13.2 Å². The molecule has 0 radical (unpaired) electrons. The maximum absolute atomic E-state index is 12.2. The van der Waals surface area contributed by atoms with Gasteiger partial charge < -0.3 is 10.5 Å². The molecule has 0 saturated heterocycles. The standard InChI is InChI=1S/C13H17F3N2O2/c1-3-8(2)18-11(12(17)19)9-5-4-6-10(7-9)20-13(14,15)16/h4-8,11,18H,3H2,1-2H3,(H2,17,19). The molecule has 0 fully saturated rings. The summed E-state index contributed by atoms with van der Waals surface area (Å²) in [6.07, 6.45) is -4.02. The Kier molecular flexibility index (Phi) is 5.38. The number of carbonyl (C=O) groups excluding carboxylic acids is 1. The summed E-state index contributed by atoms with van der Waals surface area (Å²) in [6.45, 7) is 3.77. The molecule has 3 N–H and O–H groups in total. The molecule has 1 amide bonds. The van der Waals surface area contributed by atoms with E-state index in [1.54, 1.807) is 0 Å². The molecule has 4 nitrogen and oxygen atoms in total. The van der Waals surface area contributed by atoms with Gasteiger partial charge in [-0.15, -0.1) is 13.2 Å². The third-order valence-electron chi connectivity index (χ3n) is 2.77. The molecule has 0 heterocycles. The number of rotatable bonds is 6. The summed E-state index contributed by atoms with van der Waals surface area (Å²) in [4.78, 5) is 11.4. The molecule has 112 valence electrons. The largest absolute Gasteiger partial charge is 0.573 e. The fourth-order valence-corrected chi connectivity index (χ4v) is 1.64. The maximum atomic E-state index is 12.2. The van der Waals surface area contributed by atoms with Crippen LogP contribution in [0.2, 0.25) is 0 Å². The van der Waals surface area contributed by atoms with Crippen molar-refractivity contribution in [3.63, 3.8) is 0 Å². The first kappa shape index (κ1) is 16.3. The molecule has 2 atom stereocenters. The van der Waals surface area contributed by atoms with Crippen molar-refractivity contribution < 1.29 is 22.7 Å². The second kappa shape index (κ2) is 6.60. The van der Waals surface area contributed by atoms with Crippen molar-refractivity contribution in [1.82, 2.24) is 5.32 Å². The number of nitrogens with one attached hydrogen (secondary N) is 1. The van der Waals surface area contributed by atoms with Crippen LogP contribution in [0.15, 0.2) is 24.3 Å². The predicted octanol–water partition coefficient (Wildman–Crippen LogP) is 2.50. The third-order valence-corrected chi connectivity index (χ3v) is 2.77. The Labute approximate surface area is 115 Å². The van der Waals surface area contributed by atoms with Crippen molar-refractivity contribution in [2.24, 2.45) is 5.73 Å². The van der Waals surface area contributed by atoms with Crippen molar-refractivity contribution in [3.8, 4) is 5.75 Å². The number of ether oxygens (including phenoxy) is 1. The van der Waals surface area contributed by atoms with Crippen LogP contribution in [0.1, 0.15) is 31.9 Å². The van der Waals surface area contributed by atoms with E-state index in [1.165, 1.54) is 12.1 Å². The van der Waals surface area contributed by atoms with Crippen LogP contribution in [-0.2, 0) is 4.79 Å². The van der Waals surface area contributed by atoms with Gasteiger partial charge in [-0.05, 0) is 31.0 Å². The summed E-state index contributed by atoms with van der Waals surface area (Å²) < 4.78 is 40.3. The zero-order chi connectivity index (χ0) is 15.3. The number of halogens is 3. The lowest BCUT2D eigenvalue weighted by Gasteiger charge is -2.21. The van der Waals surface area contributed by atoms with E-state index in [2.05, 4.69) is 10.1 Å². The van der Waals surface area contributed by atoms with Gasteiger partial charge in [0.15, 0.2) is 0 Å². The molecular formula is C13H17F3N2O2. The summed E-state index contributed by atoms with van der Waals surface area (Å²) in [7, 11) is 0. The van der Waals surface area contributed by atoms with E-state index in [0.717, 1.165) is 18.6 Å². The topological polar surface area (TPSA) is 64.3 Å². The summed E-state index contributed by atoms with van der Waals surface area (Å²) in [5.74, 6) is -1.04. The van der Waals surface area contributed by atoms with E-state index in [4.69, 9.17) is 5.73 Å². The molecule has 20 heavy (non-hydrogen) atoms. The van der Waals surface area contributed by atoms with E-state index < -0.39 is 18.3 Å². The van der Waals surface area contributed by atoms with Gasteiger partial charge in [-0.2, -0.15) is 0 Å². The molecule has 1 rings (SSSR count). The van der Waals surface area contributed by atoms with Crippen LogP contribution in [-0.4, -0.2) is 18.3 Å². The van der Waals surface area contributed by atoms with E-state index in [9.17, 15) is 18.0 Å². The lowest BCUT2D eigenvalue weighted by Crippen LogP contribution is -2.38. The van der Waals surface area contributed by atoms with Gasteiger partial charge in [-0.3, -0.25) is 10.1 Å². The number of amides is 1. The minimum atomic E-state index is -4.77. The van der Waals surface area contributed by atoms with Gasteiger partial charge >= 0.3 is 6.36 Å². The van der Waals surface area contributed by atoms with Gasteiger partial charge in [0.2, 0.25) is 5.91 Å². The second-order valence-corrected chi connectivity index (χ2v) is 4.43. The van der Waals surface area contributed by atoms with Crippen LogP contribution in [0.3, 0.4) is 0 Å². The molecule has 0 aliphatic heterocycles.